The smallest absolute Gasteiger partial charge is 0.245 e. The second-order valence-electron chi connectivity index (χ2n) is 6.47. The molecular weight excluding hydrogens is 302 g/mol. The minimum absolute atomic E-state index is 0.0437. The molecule has 24 heavy (non-hydrogen) atoms. The van der Waals surface area contributed by atoms with Crippen LogP contribution in [0.1, 0.15) is 38.2 Å². The number of hydrogen-bond acceptors (Lipinski definition) is 2. The first-order valence-electron chi connectivity index (χ1n) is 8.82. The fraction of sp³-hybridized carbons (Fsp3) is 0.474. The molecule has 0 aliphatic carbocycles. The predicted octanol–water partition coefficient (Wildman–Crippen LogP) is 2.62. The summed E-state index contributed by atoms with van der Waals surface area (Å²) in [4.78, 5) is 30.0. The van der Waals surface area contributed by atoms with Gasteiger partial charge in [-0.25, -0.2) is 0 Å². The highest BCUT2D eigenvalue weighted by atomic mass is 16.2. The van der Waals surface area contributed by atoms with Crippen LogP contribution in [0.25, 0.3) is 10.9 Å². The third-order valence-electron chi connectivity index (χ3n) is 4.63. The number of likely N-dealkylation sites (tertiary alicyclic amines) is 1. The fourth-order valence-corrected chi connectivity index (χ4v) is 3.37. The van der Waals surface area contributed by atoms with E-state index in [4.69, 9.17) is 0 Å². The molecule has 3 rings (SSSR count). The van der Waals surface area contributed by atoms with E-state index in [1.54, 1.807) is 0 Å². The molecule has 1 aliphatic heterocycles. The van der Waals surface area contributed by atoms with E-state index < -0.39 is 6.04 Å². The van der Waals surface area contributed by atoms with Crippen molar-refractivity contribution in [2.45, 2.75) is 45.1 Å². The summed E-state index contributed by atoms with van der Waals surface area (Å²) in [6, 6.07) is 7.56. The summed E-state index contributed by atoms with van der Waals surface area (Å²) in [7, 11) is 0. The van der Waals surface area contributed by atoms with E-state index in [0.717, 1.165) is 48.8 Å². The van der Waals surface area contributed by atoms with Gasteiger partial charge in [0.2, 0.25) is 11.8 Å². The minimum atomic E-state index is -0.485. The summed E-state index contributed by atoms with van der Waals surface area (Å²) in [5.41, 5.74) is 2.12. The van der Waals surface area contributed by atoms with Crippen molar-refractivity contribution in [2.24, 2.45) is 0 Å². The number of H-pyrrole nitrogens is 1. The molecule has 5 nitrogen and oxygen atoms in total. The number of carbonyl (C=O) groups is 2. The summed E-state index contributed by atoms with van der Waals surface area (Å²) >= 11 is 0. The number of amides is 2. The lowest BCUT2D eigenvalue weighted by molar-refractivity contribution is -0.135. The highest BCUT2D eigenvalue weighted by Crippen LogP contribution is 2.20. The van der Waals surface area contributed by atoms with Crippen LogP contribution in [0.15, 0.2) is 30.5 Å². The standard InChI is InChI=1S/C19H25N3O2/c1-2-7-18(23)21-17(19(24)22-10-5-6-11-22)12-14-13-20-16-9-4-3-8-15(14)16/h3-4,8-9,13,17,20H,2,5-7,10-12H2,1H3,(H,21,23)/t17-/m0/s1. The van der Waals surface area contributed by atoms with E-state index in [2.05, 4.69) is 10.3 Å². The van der Waals surface area contributed by atoms with Crippen LogP contribution in [0.5, 0.6) is 0 Å². The topological polar surface area (TPSA) is 65.2 Å². The van der Waals surface area contributed by atoms with Crippen molar-refractivity contribution in [3.8, 4) is 0 Å². The Bertz CT molecular complexity index is 716. The Morgan fingerprint density at radius 2 is 2.00 bits per heavy atom. The number of nitrogens with zero attached hydrogens (tertiary/aromatic N) is 1. The molecule has 0 spiro atoms. The minimum Gasteiger partial charge on any atom is -0.361 e. The number of aromatic amines is 1. The lowest BCUT2D eigenvalue weighted by atomic mass is 10.0. The molecular formula is C19H25N3O2. The zero-order valence-corrected chi connectivity index (χ0v) is 14.2. The maximum atomic E-state index is 12.8. The van der Waals surface area contributed by atoms with Gasteiger partial charge in [0.25, 0.3) is 0 Å². The molecule has 0 unspecified atom stereocenters. The molecule has 0 radical (unpaired) electrons. The zero-order chi connectivity index (χ0) is 16.9. The maximum absolute atomic E-state index is 12.8. The van der Waals surface area contributed by atoms with Crippen molar-refractivity contribution in [3.05, 3.63) is 36.0 Å². The Hall–Kier alpha value is -2.30. The van der Waals surface area contributed by atoms with E-state index in [9.17, 15) is 9.59 Å². The van der Waals surface area contributed by atoms with Crippen molar-refractivity contribution in [1.29, 1.82) is 0 Å². The van der Waals surface area contributed by atoms with Crippen molar-refractivity contribution >= 4 is 22.7 Å². The van der Waals surface area contributed by atoms with Gasteiger partial charge in [-0.3, -0.25) is 9.59 Å². The molecule has 2 heterocycles. The molecule has 1 aromatic heterocycles. The molecule has 0 saturated carbocycles. The lowest BCUT2D eigenvalue weighted by Crippen LogP contribution is -2.48. The van der Waals surface area contributed by atoms with Crippen LogP contribution in [0.4, 0.5) is 0 Å². The SMILES string of the molecule is CCCC(=O)N[C@@H](Cc1c[nH]c2ccccc12)C(=O)N1CCCC1. The van der Waals surface area contributed by atoms with Gasteiger partial charge in [0.05, 0.1) is 0 Å². The number of aromatic nitrogens is 1. The van der Waals surface area contributed by atoms with Gasteiger partial charge < -0.3 is 15.2 Å². The van der Waals surface area contributed by atoms with E-state index in [1.807, 2.05) is 42.3 Å². The van der Waals surface area contributed by atoms with Gasteiger partial charge in [-0.2, -0.15) is 0 Å². The summed E-state index contributed by atoms with van der Waals surface area (Å²) in [6.45, 7) is 3.57. The van der Waals surface area contributed by atoms with Gasteiger partial charge in [0.15, 0.2) is 0 Å². The van der Waals surface area contributed by atoms with Gasteiger partial charge in [0, 0.05) is 43.0 Å². The fourth-order valence-electron chi connectivity index (χ4n) is 3.37. The normalized spacial score (nSPS) is 15.6. The molecule has 0 bridgehead atoms. The molecule has 1 aromatic carbocycles. The summed E-state index contributed by atoms with van der Waals surface area (Å²) in [5, 5.41) is 4.07. The van der Waals surface area contributed by atoms with Gasteiger partial charge in [-0.1, -0.05) is 25.1 Å². The number of rotatable bonds is 6. The number of para-hydroxylation sites is 1. The van der Waals surface area contributed by atoms with Gasteiger partial charge >= 0.3 is 0 Å². The summed E-state index contributed by atoms with van der Waals surface area (Å²) in [5.74, 6) is -0.00266. The highest BCUT2D eigenvalue weighted by molar-refractivity contribution is 5.89. The zero-order valence-electron chi connectivity index (χ0n) is 14.2. The Morgan fingerprint density at radius 3 is 2.75 bits per heavy atom. The van der Waals surface area contributed by atoms with E-state index in [0.29, 0.717) is 12.8 Å². The van der Waals surface area contributed by atoms with Crippen LogP contribution in [0, 0.1) is 0 Å². The lowest BCUT2D eigenvalue weighted by Gasteiger charge is -2.24. The van der Waals surface area contributed by atoms with Crippen molar-refractivity contribution in [2.75, 3.05) is 13.1 Å². The van der Waals surface area contributed by atoms with Crippen LogP contribution in [-0.4, -0.2) is 40.8 Å². The number of benzene rings is 1. The Balaban J connectivity index is 1.80. The number of carbonyl (C=O) groups excluding carboxylic acids is 2. The Labute approximate surface area is 142 Å². The van der Waals surface area contributed by atoms with Crippen LogP contribution in [-0.2, 0) is 16.0 Å². The number of fused-ring (bicyclic) bond motifs is 1. The first-order chi connectivity index (χ1) is 11.7. The first-order valence-corrected chi connectivity index (χ1v) is 8.82. The third-order valence-corrected chi connectivity index (χ3v) is 4.63. The van der Waals surface area contributed by atoms with Crippen molar-refractivity contribution in [3.63, 3.8) is 0 Å². The second-order valence-corrected chi connectivity index (χ2v) is 6.47. The largest absolute Gasteiger partial charge is 0.361 e. The van der Waals surface area contributed by atoms with Gasteiger partial charge in [0.1, 0.15) is 6.04 Å². The molecule has 1 aliphatic rings. The highest BCUT2D eigenvalue weighted by Gasteiger charge is 2.28. The first kappa shape index (κ1) is 16.6. The average Bonchev–Trinajstić information content (AvgIpc) is 3.24. The van der Waals surface area contributed by atoms with E-state index in [1.165, 1.54) is 0 Å². The summed E-state index contributed by atoms with van der Waals surface area (Å²) < 4.78 is 0. The number of hydrogen-bond donors (Lipinski definition) is 2. The maximum Gasteiger partial charge on any atom is 0.245 e. The molecule has 1 fully saturated rings. The molecule has 2 N–H and O–H groups in total. The number of nitrogens with one attached hydrogen (secondary N) is 2. The Morgan fingerprint density at radius 1 is 1.25 bits per heavy atom. The van der Waals surface area contributed by atoms with E-state index >= 15 is 0 Å². The molecule has 2 amide bonds. The van der Waals surface area contributed by atoms with Crippen LogP contribution >= 0.6 is 0 Å². The average molecular weight is 327 g/mol. The van der Waals surface area contributed by atoms with Gasteiger partial charge in [-0.05, 0) is 30.9 Å². The van der Waals surface area contributed by atoms with Crippen LogP contribution < -0.4 is 5.32 Å². The molecule has 5 heteroatoms. The van der Waals surface area contributed by atoms with Crippen LogP contribution in [0.2, 0.25) is 0 Å². The Kier molecular flexibility index (Phi) is 5.18. The monoisotopic (exact) mass is 327 g/mol. The molecule has 128 valence electrons. The predicted molar refractivity (Wildman–Crippen MR) is 94.7 cm³/mol. The van der Waals surface area contributed by atoms with Crippen molar-refractivity contribution in [1.82, 2.24) is 15.2 Å². The van der Waals surface area contributed by atoms with Gasteiger partial charge in [-0.15, -0.1) is 0 Å². The third kappa shape index (κ3) is 3.61. The van der Waals surface area contributed by atoms with Crippen molar-refractivity contribution < 1.29 is 9.59 Å². The molecule has 2 aromatic rings. The second kappa shape index (κ2) is 7.51. The molecule has 1 atom stereocenters. The molecule has 1 saturated heterocycles. The summed E-state index contributed by atoms with van der Waals surface area (Å²) in [6.07, 6.45) is 5.81. The van der Waals surface area contributed by atoms with E-state index in [-0.39, 0.29) is 11.8 Å². The quantitative estimate of drug-likeness (QED) is 0.856. The van der Waals surface area contributed by atoms with Crippen LogP contribution in [0.3, 0.4) is 0 Å².